The Bertz CT molecular complexity index is 301. The number of nitriles is 1. The molecule has 0 saturated carbocycles. The normalized spacial score (nSPS) is 18.7. The van der Waals surface area contributed by atoms with Crippen molar-refractivity contribution in [1.29, 1.82) is 5.26 Å². The molecule has 5 heteroatoms. The van der Waals surface area contributed by atoms with E-state index in [2.05, 4.69) is 29.7 Å². The molecule has 1 atom stereocenters. The van der Waals surface area contributed by atoms with Crippen molar-refractivity contribution in [3.05, 3.63) is 0 Å². The van der Waals surface area contributed by atoms with Gasteiger partial charge in [-0.1, -0.05) is 13.8 Å². The summed E-state index contributed by atoms with van der Waals surface area (Å²) >= 11 is 0. The predicted octanol–water partition coefficient (Wildman–Crippen LogP) is 0.384. The molecule has 0 bridgehead atoms. The topological polar surface area (TPSA) is 50.6 Å². The van der Waals surface area contributed by atoms with Crippen molar-refractivity contribution in [3.8, 4) is 6.07 Å². The number of hydrogen-bond donors (Lipinski definition) is 0. The Labute approximate surface area is 110 Å². The molecule has 0 aromatic rings. The molecule has 1 saturated heterocycles. The highest BCUT2D eigenvalue weighted by atomic mass is 16.2. The van der Waals surface area contributed by atoms with E-state index in [4.69, 9.17) is 5.26 Å². The number of hydrogen-bond acceptors (Lipinski definition) is 4. The Hall–Kier alpha value is -1.12. The van der Waals surface area contributed by atoms with E-state index >= 15 is 0 Å². The van der Waals surface area contributed by atoms with Crippen LogP contribution in [-0.2, 0) is 4.79 Å². The minimum atomic E-state index is -0.0509. The molecule has 5 nitrogen and oxygen atoms in total. The average Bonchev–Trinajstić information content (AvgIpc) is 2.43. The third-order valence-electron chi connectivity index (χ3n) is 3.65. The number of rotatable bonds is 5. The minimum Gasteiger partial charge on any atom is -0.339 e. The smallest absolute Gasteiger partial charge is 0.236 e. The van der Waals surface area contributed by atoms with Crippen molar-refractivity contribution in [2.24, 2.45) is 0 Å². The molecule has 18 heavy (non-hydrogen) atoms. The van der Waals surface area contributed by atoms with Gasteiger partial charge in [-0.05, 0) is 20.0 Å². The molecule has 1 amide bonds. The summed E-state index contributed by atoms with van der Waals surface area (Å²) in [5.74, 6) is 0.211. The summed E-state index contributed by atoms with van der Waals surface area (Å²) in [5.41, 5.74) is 0. The zero-order valence-electron chi connectivity index (χ0n) is 11.7. The van der Waals surface area contributed by atoms with Gasteiger partial charge in [0.2, 0.25) is 5.91 Å². The summed E-state index contributed by atoms with van der Waals surface area (Å²) in [7, 11) is 0. The van der Waals surface area contributed by atoms with E-state index in [1.165, 1.54) is 0 Å². The van der Waals surface area contributed by atoms with Gasteiger partial charge in [0, 0.05) is 26.2 Å². The molecule has 1 rings (SSSR count). The van der Waals surface area contributed by atoms with E-state index in [1.807, 2.05) is 11.8 Å². The molecule has 1 fully saturated rings. The molecule has 1 heterocycles. The fraction of sp³-hybridized carbons (Fsp3) is 0.846. The zero-order valence-corrected chi connectivity index (χ0v) is 11.7. The van der Waals surface area contributed by atoms with Crippen LogP contribution in [0.15, 0.2) is 0 Å². The molecule has 0 aliphatic carbocycles. The number of carbonyl (C=O) groups is 1. The third kappa shape index (κ3) is 3.97. The molecule has 1 aliphatic heterocycles. The third-order valence-corrected chi connectivity index (χ3v) is 3.65. The molecule has 0 unspecified atom stereocenters. The maximum absolute atomic E-state index is 12.1. The Morgan fingerprint density at radius 3 is 2.28 bits per heavy atom. The van der Waals surface area contributed by atoms with Crippen molar-refractivity contribution in [2.45, 2.75) is 26.8 Å². The predicted molar refractivity (Wildman–Crippen MR) is 71.0 cm³/mol. The summed E-state index contributed by atoms with van der Waals surface area (Å²) in [5, 5.41) is 8.87. The van der Waals surface area contributed by atoms with Gasteiger partial charge >= 0.3 is 0 Å². The van der Waals surface area contributed by atoms with Crippen molar-refractivity contribution in [2.75, 3.05) is 45.8 Å². The van der Waals surface area contributed by atoms with Gasteiger partial charge in [-0.25, -0.2) is 0 Å². The van der Waals surface area contributed by atoms with Crippen LogP contribution in [0.2, 0.25) is 0 Å². The molecule has 0 spiro atoms. The van der Waals surface area contributed by atoms with Gasteiger partial charge in [-0.3, -0.25) is 14.6 Å². The SMILES string of the molecule is CCN(CC)CC(=O)N1CCN([C@@H](C)C#N)CC1. The van der Waals surface area contributed by atoms with Crippen LogP contribution < -0.4 is 0 Å². The molecule has 102 valence electrons. The lowest BCUT2D eigenvalue weighted by Gasteiger charge is -2.36. The first-order chi connectivity index (χ1) is 8.62. The standard InChI is InChI=1S/C13H24N4O/c1-4-15(5-2)11-13(18)17-8-6-16(7-9-17)12(3)10-14/h12H,4-9,11H2,1-3H3/t12-/m0/s1. The first-order valence-corrected chi connectivity index (χ1v) is 6.76. The van der Waals surface area contributed by atoms with Crippen molar-refractivity contribution < 1.29 is 4.79 Å². The Morgan fingerprint density at radius 2 is 1.83 bits per heavy atom. The van der Waals surface area contributed by atoms with Crippen LogP contribution in [0.1, 0.15) is 20.8 Å². The highest BCUT2D eigenvalue weighted by Crippen LogP contribution is 2.06. The fourth-order valence-electron chi connectivity index (χ4n) is 2.18. The summed E-state index contributed by atoms with van der Waals surface area (Å²) in [6, 6.07) is 2.19. The van der Waals surface area contributed by atoms with Crippen molar-refractivity contribution >= 4 is 5.91 Å². The largest absolute Gasteiger partial charge is 0.339 e. The number of amides is 1. The molecule has 0 N–H and O–H groups in total. The van der Waals surface area contributed by atoms with Crippen LogP contribution in [0.25, 0.3) is 0 Å². The van der Waals surface area contributed by atoms with Crippen LogP contribution in [0.4, 0.5) is 0 Å². The van der Waals surface area contributed by atoms with E-state index in [9.17, 15) is 4.79 Å². The van der Waals surface area contributed by atoms with Crippen LogP contribution in [-0.4, -0.2) is 72.5 Å². The van der Waals surface area contributed by atoms with Crippen LogP contribution in [0, 0.1) is 11.3 Å². The minimum absolute atomic E-state index is 0.0509. The summed E-state index contributed by atoms with van der Waals surface area (Å²) in [6.07, 6.45) is 0. The number of piperazine rings is 1. The molecule has 0 aromatic carbocycles. The molecule has 1 aliphatic rings. The van der Waals surface area contributed by atoms with E-state index in [1.54, 1.807) is 0 Å². The summed E-state index contributed by atoms with van der Waals surface area (Å²) < 4.78 is 0. The van der Waals surface area contributed by atoms with Gasteiger partial charge in [0.1, 0.15) is 0 Å². The molecule has 0 aromatic heterocycles. The Morgan fingerprint density at radius 1 is 1.28 bits per heavy atom. The van der Waals surface area contributed by atoms with Gasteiger partial charge in [0.15, 0.2) is 0 Å². The number of carbonyl (C=O) groups excluding carboxylic acids is 1. The molecular formula is C13H24N4O. The second-order valence-electron chi connectivity index (χ2n) is 4.68. The van der Waals surface area contributed by atoms with E-state index in [-0.39, 0.29) is 11.9 Å². The summed E-state index contributed by atoms with van der Waals surface area (Å²) in [6.45, 7) is 11.5. The average molecular weight is 252 g/mol. The van der Waals surface area contributed by atoms with E-state index < -0.39 is 0 Å². The van der Waals surface area contributed by atoms with Gasteiger partial charge in [-0.2, -0.15) is 5.26 Å². The lowest BCUT2D eigenvalue weighted by molar-refractivity contribution is -0.134. The quantitative estimate of drug-likeness (QED) is 0.710. The maximum Gasteiger partial charge on any atom is 0.236 e. The maximum atomic E-state index is 12.1. The lowest BCUT2D eigenvalue weighted by atomic mass is 10.2. The van der Waals surface area contributed by atoms with Crippen LogP contribution in [0.5, 0.6) is 0 Å². The van der Waals surface area contributed by atoms with Crippen LogP contribution >= 0.6 is 0 Å². The van der Waals surface area contributed by atoms with Gasteiger partial charge in [0.25, 0.3) is 0 Å². The van der Waals surface area contributed by atoms with Crippen LogP contribution in [0.3, 0.4) is 0 Å². The van der Waals surface area contributed by atoms with Gasteiger partial charge in [0.05, 0.1) is 18.7 Å². The highest BCUT2D eigenvalue weighted by molar-refractivity contribution is 5.78. The fourth-order valence-corrected chi connectivity index (χ4v) is 2.18. The van der Waals surface area contributed by atoms with Gasteiger partial charge < -0.3 is 4.90 Å². The van der Waals surface area contributed by atoms with Crippen molar-refractivity contribution in [3.63, 3.8) is 0 Å². The summed E-state index contributed by atoms with van der Waals surface area (Å²) in [4.78, 5) is 18.2. The highest BCUT2D eigenvalue weighted by Gasteiger charge is 2.24. The van der Waals surface area contributed by atoms with Crippen molar-refractivity contribution in [1.82, 2.24) is 14.7 Å². The first-order valence-electron chi connectivity index (χ1n) is 6.76. The van der Waals surface area contributed by atoms with E-state index in [0.717, 1.165) is 39.3 Å². The van der Waals surface area contributed by atoms with E-state index in [0.29, 0.717) is 6.54 Å². The number of nitrogens with zero attached hydrogens (tertiary/aromatic N) is 4. The number of likely N-dealkylation sites (N-methyl/N-ethyl adjacent to an activating group) is 1. The second-order valence-corrected chi connectivity index (χ2v) is 4.68. The monoisotopic (exact) mass is 252 g/mol. The van der Waals surface area contributed by atoms with Gasteiger partial charge in [-0.15, -0.1) is 0 Å². The zero-order chi connectivity index (χ0) is 13.5. The molecule has 0 radical (unpaired) electrons. The molecular weight excluding hydrogens is 228 g/mol. The second kappa shape index (κ2) is 7.34. The lowest BCUT2D eigenvalue weighted by Crippen LogP contribution is -2.53. The Kier molecular flexibility index (Phi) is 6.10. The Balaban J connectivity index is 2.38. The first kappa shape index (κ1) is 14.9.